The molecular formula is C15H18N4S. The lowest BCUT2D eigenvalue weighted by atomic mass is 10.2. The van der Waals surface area contributed by atoms with Gasteiger partial charge in [-0.2, -0.15) is 5.10 Å². The molecule has 20 heavy (non-hydrogen) atoms. The van der Waals surface area contributed by atoms with Crippen LogP contribution in [0.25, 0.3) is 10.9 Å². The van der Waals surface area contributed by atoms with Gasteiger partial charge in [-0.05, 0) is 31.1 Å². The molecule has 1 aromatic carbocycles. The predicted octanol–water partition coefficient (Wildman–Crippen LogP) is 2.91. The second-order valence-electron chi connectivity index (χ2n) is 5.11. The van der Waals surface area contributed by atoms with E-state index in [1.54, 1.807) is 6.21 Å². The Kier molecular flexibility index (Phi) is 3.97. The van der Waals surface area contributed by atoms with E-state index in [-0.39, 0.29) is 0 Å². The van der Waals surface area contributed by atoms with Crippen molar-refractivity contribution in [2.75, 3.05) is 0 Å². The lowest BCUT2D eigenvalue weighted by molar-refractivity contribution is 0.624. The van der Waals surface area contributed by atoms with Crippen LogP contribution in [-0.4, -0.2) is 22.4 Å². The highest BCUT2D eigenvalue weighted by atomic mass is 32.1. The van der Waals surface area contributed by atoms with Gasteiger partial charge in [0, 0.05) is 28.7 Å². The molecule has 1 fully saturated rings. The SMILES string of the molecule is S=C(N/N=C\c1c[nH]c2ccccc12)NC1CCCC1. The molecule has 0 aliphatic heterocycles. The zero-order valence-corrected chi connectivity index (χ0v) is 12.0. The summed E-state index contributed by atoms with van der Waals surface area (Å²) in [7, 11) is 0. The van der Waals surface area contributed by atoms with Gasteiger partial charge >= 0.3 is 0 Å². The maximum atomic E-state index is 5.24. The standard InChI is InChI=1S/C15H18N4S/c20-15(18-12-5-1-2-6-12)19-17-10-11-9-16-14-8-4-3-7-13(11)14/h3-4,7-10,12,16H,1-2,5-6H2,(H2,18,19,20)/b17-10-. The first-order valence-corrected chi connectivity index (χ1v) is 7.39. The van der Waals surface area contributed by atoms with E-state index in [1.807, 2.05) is 24.4 Å². The first-order valence-electron chi connectivity index (χ1n) is 6.98. The number of thiocarbonyl (C=S) groups is 1. The topological polar surface area (TPSA) is 52.2 Å². The molecule has 2 aromatic rings. The van der Waals surface area contributed by atoms with Gasteiger partial charge in [-0.3, -0.25) is 5.43 Å². The van der Waals surface area contributed by atoms with Crippen molar-refractivity contribution in [1.29, 1.82) is 0 Å². The fraction of sp³-hybridized carbons (Fsp3) is 0.333. The van der Waals surface area contributed by atoms with Crippen molar-refractivity contribution >= 4 is 34.4 Å². The monoisotopic (exact) mass is 286 g/mol. The number of fused-ring (bicyclic) bond motifs is 1. The molecule has 0 bridgehead atoms. The Hall–Kier alpha value is -1.88. The molecule has 0 spiro atoms. The van der Waals surface area contributed by atoms with Crippen molar-refractivity contribution in [3.05, 3.63) is 36.0 Å². The minimum atomic E-state index is 0.512. The van der Waals surface area contributed by atoms with Crippen LogP contribution in [0, 0.1) is 0 Å². The zero-order chi connectivity index (χ0) is 13.8. The highest BCUT2D eigenvalue weighted by Gasteiger charge is 2.14. The minimum Gasteiger partial charge on any atom is -0.361 e. The fourth-order valence-electron chi connectivity index (χ4n) is 2.65. The Labute approximate surface area is 123 Å². The highest BCUT2D eigenvalue weighted by Crippen LogP contribution is 2.17. The Balaban J connectivity index is 1.58. The van der Waals surface area contributed by atoms with Crippen LogP contribution in [0.4, 0.5) is 0 Å². The average molecular weight is 286 g/mol. The Morgan fingerprint density at radius 1 is 1.30 bits per heavy atom. The van der Waals surface area contributed by atoms with Crippen LogP contribution >= 0.6 is 12.2 Å². The summed E-state index contributed by atoms with van der Waals surface area (Å²) in [5.41, 5.74) is 5.05. The van der Waals surface area contributed by atoms with Gasteiger partial charge in [-0.25, -0.2) is 0 Å². The summed E-state index contributed by atoms with van der Waals surface area (Å²) < 4.78 is 0. The number of aromatic amines is 1. The molecule has 1 saturated carbocycles. The summed E-state index contributed by atoms with van der Waals surface area (Å²) in [5.74, 6) is 0. The molecule has 3 N–H and O–H groups in total. The van der Waals surface area contributed by atoms with Gasteiger partial charge in [0.25, 0.3) is 0 Å². The van der Waals surface area contributed by atoms with Crippen molar-refractivity contribution < 1.29 is 0 Å². The molecule has 4 nitrogen and oxygen atoms in total. The van der Waals surface area contributed by atoms with Gasteiger partial charge in [0.05, 0.1) is 6.21 Å². The number of nitrogens with zero attached hydrogens (tertiary/aromatic N) is 1. The molecular weight excluding hydrogens is 268 g/mol. The number of hydrazone groups is 1. The van der Waals surface area contributed by atoms with E-state index in [1.165, 1.54) is 25.7 Å². The number of H-pyrrole nitrogens is 1. The van der Waals surface area contributed by atoms with E-state index in [0.717, 1.165) is 16.5 Å². The number of hydrogen-bond donors (Lipinski definition) is 3. The van der Waals surface area contributed by atoms with Gasteiger partial charge < -0.3 is 10.3 Å². The number of para-hydroxylation sites is 1. The quantitative estimate of drug-likeness (QED) is 0.462. The second kappa shape index (κ2) is 6.05. The third kappa shape index (κ3) is 2.99. The molecule has 0 unspecified atom stereocenters. The van der Waals surface area contributed by atoms with Gasteiger partial charge in [-0.1, -0.05) is 31.0 Å². The number of nitrogens with one attached hydrogen (secondary N) is 3. The Morgan fingerprint density at radius 3 is 2.95 bits per heavy atom. The zero-order valence-electron chi connectivity index (χ0n) is 11.2. The lowest BCUT2D eigenvalue weighted by Crippen LogP contribution is -2.38. The fourth-order valence-corrected chi connectivity index (χ4v) is 2.87. The van der Waals surface area contributed by atoms with Gasteiger partial charge in [0.15, 0.2) is 5.11 Å². The summed E-state index contributed by atoms with van der Waals surface area (Å²) in [6.45, 7) is 0. The maximum Gasteiger partial charge on any atom is 0.187 e. The number of benzene rings is 1. The first kappa shape index (κ1) is 13.1. The molecule has 1 aromatic heterocycles. The van der Waals surface area contributed by atoms with Gasteiger partial charge in [-0.15, -0.1) is 0 Å². The van der Waals surface area contributed by atoms with Gasteiger partial charge in [0.2, 0.25) is 0 Å². The Morgan fingerprint density at radius 2 is 2.10 bits per heavy atom. The normalized spacial score (nSPS) is 16.0. The van der Waals surface area contributed by atoms with Crippen molar-refractivity contribution in [3.63, 3.8) is 0 Å². The van der Waals surface area contributed by atoms with Crippen LogP contribution in [0.5, 0.6) is 0 Å². The molecule has 1 heterocycles. The van der Waals surface area contributed by atoms with Crippen LogP contribution in [0.2, 0.25) is 0 Å². The average Bonchev–Trinajstić information content (AvgIpc) is 3.09. The van der Waals surface area contributed by atoms with Crippen LogP contribution in [0.15, 0.2) is 35.6 Å². The summed E-state index contributed by atoms with van der Waals surface area (Å²) >= 11 is 5.24. The van der Waals surface area contributed by atoms with Gasteiger partial charge in [0.1, 0.15) is 0 Å². The highest BCUT2D eigenvalue weighted by molar-refractivity contribution is 7.80. The molecule has 0 amide bonds. The van der Waals surface area contributed by atoms with E-state index >= 15 is 0 Å². The van der Waals surface area contributed by atoms with Crippen molar-refractivity contribution in [2.24, 2.45) is 5.10 Å². The molecule has 5 heteroatoms. The molecule has 104 valence electrons. The number of aromatic nitrogens is 1. The van der Waals surface area contributed by atoms with Crippen molar-refractivity contribution in [1.82, 2.24) is 15.7 Å². The van der Waals surface area contributed by atoms with Crippen LogP contribution in [0.3, 0.4) is 0 Å². The molecule has 1 aliphatic rings. The van der Waals surface area contributed by atoms with E-state index in [2.05, 4.69) is 26.9 Å². The van der Waals surface area contributed by atoms with Crippen molar-refractivity contribution in [2.45, 2.75) is 31.7 Å². The van der Waals surface area contributed by atoms with E-state index in [4.69, 9.17) is 12.2 Å². The third-order valence-electron chi connectivity index (χ3n) is 3.68. The molecule has 0 radical (unpaired) electrons. The summed E-state index contributed by atoms with van der Waals surface area (Å²) in [4.78, 5) is 3.22. The lowest BCUT2D eigenvalue weighted by Gasteiger charge is -2.12. The van der Waals surface area contributed by atoms with E-state index < -0.39 is 0 Å². The largest absolute Gasteiger partial charge is 0.361 e. The molecule has 0 saturated heterocycles. The maximum absolute atomic E-state index is 5.24. The summed E-state index contributed by atoms with van der Waals surface area (Å²) in [6.07, 6.45) is 8.73. The summed E-state index contributed by atoms with van der Waals surface area (Å²) in [6, 6.07) is 8.67. The second-order valence-corrected chi connectivity index (χ2v) is 5.52. The predicted molar refractivity (Wildman–Crippen MR) is 87.0 cm³/mol. The third-order valence-corrected chi connectivity index (χ3v) is 3.89. The minimum absolute atomic E-state index is 0.512. The van der Waals surface area contributed by atoms with Crippen LogP contribution in [0.1, 0.15) is 31.2 Å². The Bertz CT molecular complexity index is 626. The van der Waals surface area contributed by atoms with E-state index in [0.29, 0.717) is 11.2 Å². The van der Waals surface area contributed by atoms with Crippen LogP contribution < -0.4 is 10.7 Å². The van der Waals surface area contributed by atoms with E-state index in [9.17, 15) is 0 Å². The molecule has 3 rings (SSSR count). The smallest absolute Gasteiger partial charge is 0.187 e. The molecule has 0 atom stereocenters. The number of hydrogen-bond acceptors (Lipinski definition) is 2. The first-order chi connectivity index (χ1) is 9.83. The van der Waals surface area contributed by atoms with Crippen molar-refractivity contribution in [3.8, 4) is 0 Å². The van der Waals surface area contributed by atoms with Crippen LogP contribution in [-0.2, 0) is 0 Å². The molecule has 1 aliphatic carbocycles. The summed E-state index contributed by atoms with van der Waals surface area (Å²) in [5, 5.41) is 9.27. The number of rotatable bonds is 3.